The van der Waals surface area contributed by atoms with Crippen LogP contribution < -0.4 is 0 Å². The Balaban J connectivity index is 3.03. The first-order valence-corrected chi connectivity index (χ1v) is 9.56. The van der Waals surface area contributed by atoms with Gasteiger partial charge in [0.2, 0.25) is 6.05 Å². The van der Waals surface area contributed by atoms with E-state index in [1.54, 1.807) is 0 Å². The molecule has 118 valence electrons. The van der Waals surface area contributed by atoms with Gasteiger partial charge in [0, 0.05) is 6.08 Å². The molecule has 0 aromatic rings. The quantitative estimate of drug-likeness (QED) is 0.209. The summed E-state index contributed by atoms with van der Waals surface area (Å²) in [6, 6.07) is -1.21. The Morgan fingerprint density at radius 2 is 1.50 bits per heavy atom. The van der Waals surface area contributed by atoms with Crippen LogP contribution in [0.4, 0.5) is 8.78 Å². The van der Waals surface area contributed by atoms with Gasteiger partial charge < -0.3 is 4.74 Å². The molecule has 0 unspecified atom stereocenters. The van der Waals surface area contributed by atoms with Crippen molar-refractivity contribution in [2.24, 2.45) is 0 Å². The Kier molecular flexibility index (Phi) is 14.2. The van der Waals surface area contributed by atoms with Crippen molar-refractivity contribution in [3.05, 3.63) is 12.7 Å². The Morgan fingerprint density at radius 3 is 2.00 bits per heavy atom. The van der Waals surface area contributed by atoms with Crippen LogP contribution in [0.2, 0.25) is 6.04 Å². The summed E-state index contributed by atoms with van der Waals surface area (Å²) < 4.78 is 28.7. The minimum Gasteiger partial charge on any atom is -0.463 e. The second-order valence-electron chi connectivity index (χ2n) is 5.09. The maximum absolute atomic E-state index is 11.9. The molecule has 0 atom stereocenters. The number of hydrogen-bond acceptors (Lipinski definition) is 2. The first-order valence-electron chi connectivity index (χ1n) is 7.74. The van der Waals surface area contributed by atoms with Crippen molar-refractivity contribution in [1.29, 1.82) is 0 Å². The molecule has 0 aromatic heterocycles. The van der Waals surface area contributed by atoms with E-state index in [0.717, 1.165) is 31.7 Å². The van der Waals surface area contributed by atoms with Gasteiger partial charge in [-0.15, -0.1) is 0 Å². The van der Waals surface area contributed by atoms with Crippen LogP contribution in [0.3, 0.4) is 0 Å². The minimum absolute atomic E-state index is 0.347. The number of alkyl halides is 2. The maximum Gasteiger partial charge on any atom is 0.330 e. The third-order valence-corrected chi connectivity index (χ3v) is 4.57. The summed E-state index contributed by atoms with van der Waals surface area (Å²) in [5.41, 5.74) is 0. The summed E-state index contributed by atoms with van der Waals surface area (Å²) in [6.07, 6.45) is 11.3. The zero-order chi connectivity index (χ0) is 15.1. The fourth-order valence-electron chi connectivity index (χ4n) is 2.05. The molecule has 0 rings (SSSR count). The number of halogens is 2. The number of ether oxygens (including phenoxy) is 1. The number of unbranched alkanes of at least 4 members (excludes halogenated alkanes) is 8. The van der Waals surface area contributed by atoms with E-state index in [9.17, 15) is 13.6 Å². The summed E-state index contributed by atoms with van der Waals surface area (Å²) >= 11 is 0. The Hall–Kier alpha value is -0.713. The van der Waals surface area contributed by atoms with Crippen LogP contribution >= 0.6 is 0 Å². The molecule has 0 bridgehead atoms. The molecule has 0 heterocycles. The first-order chi connectivity index (χ1) is 9.66. The van der Waals surface area contributed by atoms with Crippen molar-refractivity contribution in [2.75, 3.05) is 6.61 Å². The molecule has 0 aromatic carbocycles. The SMILES string of the molecule is C=CC(=O)OCCCCCCCCCCC[SiH2]C(F)F. The zero-order valence-corrected chi connectivity index (χ0v) is 13.8. The molecule has 5 heteroatoms. The van der Waals surface area contributed by atoms with E-state index in [1.807, 2.05) is 0 Å². The highest BCUT2D eigenvalue weighted by molar-refractivity contribution is 6.36. The summed E-state index contributed by atoms with van der Waals surface area (Å²) in [7, 11) is -1.09. The van der Waals surface area contributed by atoms with Gasteiger partial charge in [-0.3, -0.25) is 0 Å². The predicted octanol–water partition coefficient (Wildman–Crippen LogP) is 4.04. The molecule has 0 saturated heterocycles. The number of carbonyl (C=O) groups excluding carboxylic acids is 1. The van der Waals surface area contributed by atoms with Gasteiger partial charge >= 0.3 is 5.97 Å². The lowest BCUT2D eigenvalue weighted by atomic mass is 10.1. The van der Waals surface area contributed by atoms with Crippen LogP contribution in [0, 0.1) is 0 Å². The maximum atomic E-state index is 11.9. The fraction of sp³-hybridized carbons (Fsp3) is 0.800. The van der Waals surface area contributed by atoms with Gasteiger partial charge in [-0.25, -0.2) is 13.6 Å². The Morgan fingerprint density at radius 1 is 1.00 bits per heavy atom. The molecule has 0 radical (unpaired) electrons. The number of carbonyl (C=O) groups is 1. The van der Waals surface area contributed by atoms with Crippen LogP contribution in [-0.2, 0) is 9.53 Å². The van der Waals surface area contributed by atoms with Gasteiger partial charge in [-0.2, -0.15) is 0 Å². The van der Waals surface area contributed by atoms with Crippen LogP contribution in [0.25, 0.3) is 0 Å². The number of hydrogen-bond donors (Lipinski definition) is 0. The van der Waals surface area contributed by atoms with E-state index in [1.165, 1.54) is 38.2 Å². The highest BCUT2D eigenvalue weighted by atomic mass is 28.2. The van der Waals surface area contributed by atoms with Crippen LogP contribution in [0.15, 0.2) is 12.7 Å². The predicted molar refractivity (Wildman–Crippen MR) is 82.1 cm³/mol. The third-order valence-electron chi connectivity index (χ3n) is 3.23. The van der Waals surface area contributed by atoms with E-state index >= 15 is 0 Å². The van der Waals surface area contributed by atoms with Crippen molar-refractivity contribution < 1.29 is 18.3 Å². The average molecular weight is 306 g/mol. The van der Waals surface area contributed by atoms with Gasteiger partial charge in [0.25, 0.3) is 0 Å². The third kappa shape index (κ3) is 15.3. The molecule has 0 spiro atoms. The van der Waals surface area contributed by atoms with Crippen molar-refractivity contribution in [2.45, 2.75) is 69.9 Å². The van der Waals surface area contributed by atoms with Crippen LogP contribution in [-0.4, -0.2) is 28.1 Å². The summed E-state index contributed by atoms with van der Waals surface area (Å²) in [5.74, 6) is -0.347. The van der Waals surface area contributed by atoms with Gasteiger partial charge in [0.05, 0.1) is 6.61 Å². The largest absolute Gasteiger partial charge is 0.463 e. The molecule has 0 N–H and O–H groups in total. The Labute approximate surface area is 123 Å². The molecule has 0 amide bonds. The summed E-state index contributed by atoms with van der Waals surface area (Å²) in [5, 5.41) is 0. The normalized spacial score (nSPS) is 11.3. The smallest absolute Gasteiger partial charge is 0.330 e. The van der Waals surface area contributed by atoms with Gasteiger partial charge in [0.15, 0.2) is 0 Å². The van der Waals surface area contributed by atoms with E-state index in [4.69, 9.17) is 4.74 Å². The van der Waals surface area contributed by atoms with Gasteiger partial charge in [-0.05, 0) is 6.42 Å². The highest BCUT2D eigenvalue weighted by Gasteiger charge is 2.01. The van der Waals surface area contributed by atoms with Crippen LogP contribution in [0.5, 0.6) is 0 Å². The average Bonchev–Trinajstić information content (AvgIpc) is 2.43. The molecule has 20 heavy (non-hydrogen) atoms. The lowest BCUT2D eigenvalue weighted by Crippen LogP contribution is -2.02. The standard InChI is InChI=1S/C15H28F2O2Si/c1-2-14(18)19-12-10-8-6-4-3-5-7-9-11-13-20-15(16)17/h2,15H,1,3-13,20H2. The zero-order valence-electron chi connectivity index (χ0n) is 12.4. The molecule has 0 saturated carbocycles. The van der Waals surface area contributed by atoms with Crippen molar-refractivity contribution in [3.63, 3.8) is 0 Å². The molecule has 0 aliphatic rings. The molecular weight excluding hydrogens is 278 g/mol. The molecule has 0 aliphatic heterocycles. The van der Waals surface area contributed by atoms with E-state index in [-0.39, 0.29) is 5.97 Å². The topological polar surface area (TPSA) is 26.3 Å². The molecule has 0 fully saturated rings. The lowest BCUT2D eigenvalue weighted by molar-refractivity contribution is -0.137. The number of rotatable bonds is 14. The van der Waals surface area contributed by atoms with Crippen molar-refractivity contribution >= 4 is 15.5 Å². The second-order valence-corrected chi connectivity index (χ2v) is 6.99. The molecule has 2 nitrogen and oxygen atoms in total. The molecular formula is C15H28F2O2Si. The Bertz CT molecular complexity index is 248. The minimum atomic E-state index is -2.00. The van der Waals surface area contributed by atoms with Crippen molar-refractivity contribution in [1.82, 2.24) is 0 Å². The van der Waals surface area contributed by atoms with Gasteiger partial charge in [0.1, 0.15) is 9.52 Å². The van der Waals surface area contributed by atoms with Crippen LogP contribution in [0.1, 0.15) is 57.8 Å². The van der Waals surface area contributed by atoms with Crippen molar-refractivity contribution in [3.8, 4) is 0 Å². The molecule has 0 aliphatic carbocycles. The van der Waals surface area contributed by atoms with Gasteiger partial charge in [-0.1, -0.05) is 64.0 Å². The summed E-state index contributed by atoms with van der Waals surface area (Å²) in [4.78, 5) is 10.8. The van der Waals surface area contributed by atoms with E-state index in [2.05, 4.69) is 6.58 Å². The number of esters is 1. The lowest BCUT2D eigenvalue weighted by Gasteiger charge is -2.03. The monoisotopic (exact) mass is 306 g/mol. The highest BCUT2D eigenvalue weighted by Crippen LogP contribution is 2.11. The fourth-order valence-corrected chi connectivity index (χ4v) is 3.00. The second kappa shape index (κ2) is 14.7. The van der Waals surface area contributed by atoms with E-state index in [0.29, 0.717) is 6.61 Å². The van der Waals surface area contributed by atoms with E-state index < -0.39 is 15.6 Å². The first kappa shape index (κ1) is 19.3. The summed E-state index contributed by atoms with van der Waals surface area (Å²) in [6.45, 7) is 3.82.